The van der Waals surface area contributed by atoms with Crippen LogP contribution < -0.4 is 5.32 Å². The maximum absolute atomic E-state index is 5.26. The molecule has 1 atom stereocenters. The standard InChI is InChI=1S/C17H28N2O/c1-17(9-10-18-14-17)15-19(12-13-20-2)11-8-16-6-4-3-5-7-16/h3-7,18H,8-15H2,1-2H3. The first-order valence-corrected chi connectivity index (χ1v) is 7.68. The lowest BCUT2D eigenvalue weighted by atomic mass is 9.89. The van der Waals surface area contributed by atoms with E-state index >= 15 is 0 Å². The van der Waals surface area contributed by atoms with Crippen LogP contribution in [0.15, 0.2) is 30.3 Å². The Kier molecular flexibility index (Phi) is 6.02. The van der Waals surface area contributed by atoms with Crippen LogP contribution in [-0.2, 0) is 11.2 Å². The van der Waals surface area contributed by atoms with Crippen molar-refractivity contribution in [3.05, 3.63) is 35.9 Å². The van der Waals surface area contributed by atoms with Crippen LogP contribution in [0.4, 0.5) is 0 Å². The Morgan fingerprint density at radius 1 is 1.25 bits per heavy atom. The third-order valence-electron chi connectivity index (χ3n) is 4.23. The number of hydrogen-bond donors (Lipinski definition) is 1. The van der Waals surface area contributed by atoms with Crippen LogP contribution in [-0.4, -0.2) is 51.3 Å². The predicted molar refractivity (Wildman–Crippen MR) is 84.1 cm³/mol. The van der Waals surface area contributed by atoms with Crippen LogP contribution >= 0.6 is 0 Å². The summed E-state index contributed by atoms with van der Waals surface area (Å²) in [5, 5.41) is 3.49. The highest BCUT2D eigenvalue weighted by atomic mass is 16.5. The van der Waals surface area contributed by atoms with E-state index in [1.165, 1.54) is 12.0 Å². The summed E-state index contributed by atoms with van der Waals surface area (Å²) in [6.07, 6.45) is 2.40. The van der Waals surface area contributed by atoms with E-state index in [2.05, 4.69) is 47.5 Å². The third-order valence-corrected chi connectivity index (χ3v) is 4.23. The van der Waals surface area contributed by atoms with Crippen LogP contribution in [0.5, 0.6) is 0 Å². The Hall–Kier alpha value is -0.900. The molecule has 1 saturated heterocycles. The lowest BCUT2D eigenvalue weighted by Crippen LogP contribution is -2.40. The Labute approximate surface area is 123 Å². The molecule has 0 aliphatic carbocycles. The summed E-state index contributed by atoms with van der Waals surface area (Å²) in [5.41, 5.74) is 1.84. The van der Waals surface area contributed by atoms with Gasteiger partial charge < -0.3 is 15.0 Å². The van der Waals surface area contributed by atoms with Gasteiger partial charge in [-0.2, -0.15) is 0 Å². The molecule has 1 aromatic rings. The van der Waals surface area contributed by atoms with Crippen molar-refractivity contribution in [3.63, 3.8) is 0 Å². The van der Waals surface area contributed by atoms with Gasteiger partial charge in [-0.05, 0) is 30.4 Å². The second-order valence-electron chi connectivity index (χ2n) is 6.24. The molecule has 2 rings (SSSR count). The highest BCUT2D eigenvalue weighted by molar-refractivity contribution is 5.14. The van der Waals surface area contributed by atoms with Crippen LogP contribution in [0.25, 0.3) is 0 Å². The van der Waals surface area contributed by atoms with Crippen LogP contribution in [0, 0.1) is 5.41 Å². The fourth-order valence-electron chi connectivity index (χ4n) is 2.97. The van der Waals surface area contributed by atoms with Gasteiger partial charge in [0.15, 0.2) is 0 Å². The molecule has 0 radical (unpaired) electrons. The lowest BCUT2D eigenvalue weighted by molar-refractivity contribution is 0.119. The zero-order chi connectivity index (χ0) is 14.3. The first-order chi connectivity index (χ1) is 9.72. The lowest BCUT2D eigenvalue weighted by Gasteiger charge is -2.32. The van der Waals surface area contributed by atoms with Crippen LogP contribution in [0.2, 0.25) is 0 Å². The largest absolute Gasteiger partial charge is 0.383 e. The quantitative estimate of drug-likeness (QED) is 0.787. The molecule has 20 heavy (non-hydrogen) atoms. The fourth-order valence-corrected chi connectivity index (χ4v) is 2.97. The molecule has 0 amide bonds. The summed E-state index contributed by atoms with van der Waals surface area (Å²) in [6.45, 7) is 8.82. The Bertz CT molecular complexity index is 374. The molecule has 0 aromatic heterocycles. The van der Waals surface area contributed by atoms with Crippen molar-refractivity contribution in [2.24, 2.45) is 5.41 Å². The number of ether oxygens (including phenoxy) is 1. The number of nitrogens with one attached hydrogen (secondary N) is 1. The minimum absolute atomic E-state index is 0.421. The highest BCUT2D eigenvalue weighted by Crippen LogP contribution is 2.25. The van der Waals surface area contributed by atoms with Gasteiger partial charge in [-0.3, -0.25) is 0 Å². The van der Waals surface area contributed by atoms with Crippen molar-refractivity contribution < 1.29 is 4.74 Å². The molecular weight excluding hydrogens is 248 g/mol. The van der Waals surface area contributed by atoms with Gasteiger partial charge in [-0.15, -0.1) is 0 Å². The van der Waals surface area contributed by atoms with E-state index < -0.39 is 0 Å². The van der Waals surface area contributed by atoms with Crippen molar-refractivity contribution in [1.29, 1.82) is 0 Å². The van der Waals surface area contributed by atoms with Crippen molar-refractivity contribution in [2.75, 3.05) is 46.4 Å². The second kappa shape index (κ2) is 7.77. The normalized spacial score (nSPS) is 22.6. The molecule has 3 heteroatoms. The molecule has 1 heterocycles. The van der Waals surface area contributed by atoms with Gasteiger partial charge >= 0.3 is 0 Å². The van der Waals surface area contributed by atoms with Gasteiger partial charge in [0.2, 0.25) is 0 Å². The third kappa shape index (κ3) is 4.89. The van der Waals surface area contributed by atoms with E-state index in [1.807, 2.05) is 0 Å². The van der Waals surface area contributed by atoms with Crippen molar-refractivity contribution in [2.45, 2.75) is 19.8 Å². The SMILES string of the molecule is COCCN(CCc1ccccc1)CC1(C)CCNC1. The zero-order valence-electron chi connectivity index (χ0n) is 12.9. The Morgan fingerprint density at radius 3 is 2.70 bits per heavy atom. The van der Waals surface area contributed by atoms with E-state index in [0.29, 0.717) is 5.41 Å². The minimum Gasteiger partial charge on any atom is -0.383 e. The number of nitrogens with zero attached hydrogens (tertiary/aromatic N) is 1. The van der Waals surface area contributed by atoms with E-state index in [9.17, 15) is 0 Å². The molecule has 1 aliphatic heterocycles. The van der Waals surface area contributed by atoms with Gasteiger partial charge in [0, 0.05) is 33.3 Å². The summed E-state index contributed by atoms with van der Waals surface area (Å²) in [7, 11) is 1.79. The first-order valence-electron chi connectivity index (χ1n) is 7.68. The molecule has 1 N–H and O–H groups in total. The van der Waals surface area contributed by atoms with Gasteiger partial charge in [0.1, 0.15) is 0 Å². The molecule has 0 saturated carbocycles. The molecular formula is C17H28N2O. The maximum Gasteiger partial charge on any atom is 0.0589 e. The maximum atomic E-state index is 5.26. The number of benzene rings is 1. The molecule has 1 aliphatic rings. The zero-order valence-corrected chi connectivity index (χ0v) is 12.9. The van der Waals surface area contributed by atoms with Gasteiger partial charge in [0.05, 0.1) is 6.61 Å². The molecule has 1 fully saturated rings. The van der Waals surface area contributed by atoms with Gasteiger partial charge in [0.25, 0.3) is 0 Å². The summed E-state index contributed by atoms with van der Waals surface area (Å²) in [5.74, 6) is 0. The number of rotatable bonds is 8. The van der Waals surface area contributed by atoms with Crippen molar-refractivity contribution in [1.82, 2.24) is 10.2 Å². The van der Waals surface area contributed by atoms with E-state index in [4.69, 9.17) is 4.74 Å². The smallest absolute Gasteiger partial charge is 0.0589 e. The Balaban J connectivity index is 1.86. The first kappa shape index (κ1) is 15.5. The second-order valence-corrected chi connectivity index (χ2v) is 6.24. The highest BCUT2D eigenvalue weighted by Gasteiger charge is 2.30. The molecule has 1 aromatic carbocycles. The fraction of sp³-hybridized carbons (Fsp3) is 0.647. The van der Waals surface area contributed by atoms with Gasteiger partial charge in [-0.1, -0.05) is 37.3 Å². The predicted octanol–water partition coefficient (Wildman–Crippen LogP) is 2.18. The van der Waals surface area contributed by atoms with E-state index in [1.54, 1.807) is 7.11 Å². The van der Waals surface area contributed by atoms with Crippen molar-refractivity contribution in [3.8, 4) is 0 Å². The summed E-state index contributed by atoms with van der Waals surface area (Å²) >= 11 is 0. The average molecular weight is 276 g/mol. The number of hydrogen-bond acceptors (Lipinski definition) is 3. The topological polar surface area (TPSA) is 24.5 Å². The summed E-state index contributed by atoms with van der Waals surface area (Å²) in [4.78, 5) is 2.56. The van der Waals surface area contributed by atoms with Crippen LogP contribution in [0.1, 0.15) is 18.9 Å². The Morgan fingerprint density at radius 2 is 2.05 bits per heavy atom. The minimum atomic E-state index is 0.421. The molecule has 1 unspecified atom stereocenters. The number of methoxy groups -OCH3 is 1. The molecule has 3 nitrogen and oxygen atoms in total. The molecule has 112 valence electrons. The summed E-state index contributed by atoms with van der Waals surface area (Å²) in [6, 6.07) is 10.8. The van der Waals surface area contributed by atoms with E-state index in [0.717, 1.165) is 45.8 Å². The van der Waals surface area contributed by atoms with E-state index in [-0.39, 0.29) is 0 Å². The van der Waals surface area contributed by atoms with Crippen molar-refractivity contribution >= 4 is 0 Å². The summed E-state index contributed by atoms with van der Waals surface area (Å²) < 4.78 is 5.26. The monoisotopic (exact) mass is 276 g/mol. The van der Waals surface area contributed by atoms with Gasteiger partial charge in [-0.25, -0.2) is 0 Å². The molecule has 0 bridgehead atoms. The molecule has 0 spiro atoms. The average Bonchev–Trinajstić information content (AvgIpc) is 2.89. The van der Waals surface area contributed by atoms with Crippen LogP contribution in [0.3, 0.4) is 0 Å².